The quantitative estimate of drug-likeness (QED) is 0.619. The molecule has 2 saturated heterocycles. The van der Waals surface area contributed by atoms with Crippen molar-refractivity contribution >= 4 is 11.9 Å². The van der Waals surface area contributed by atoms with E-state index in [1.807, 2.05) is 4.90 Å². The van der Waals surface area contributed by atoms with Gasteiger partial charge in [-0.2, -0.15) is 0 Å². The van der Waals surface area contributed by atoms with Gasteiger partial charge < -0.3 is 15.3 Å². The highest BCUT2D eigenvalue weighted by atomic mass is 16.4. The Morgan fingerprint density at radius 1 is 1.60 bits per heavy atom. The van der Waals surface area contributed by atoms with Gasteiger partial charge in [0.05, 0.1) is 12.0 Å². The minimum absolute atomic E-state index is 0.0391. The van der Waals surface area contributed by atoms with Crippen molar-refractivity contribution in [1.82, 2.24) is 10.2 Å². The lowest BCUT2D eigenvalue weighted by Gasteiger charge is -2.34. The molecule has 2 unspecified atom stereocenters. The summed E-state index contributed by atoms with van der Waals surface area (Å²) in [6, 6.07) is 0.141. The second kappa shape index (κ2) is 3.92. The van der Waals surface area contributed by atoms with Crippen LogP contribution in [0.5, 0.6) is 0 Å². The average Bonchev–Trinajstić information content (AvgIpc) is 2.58. The Morgan fingerprint density at radius 3 is 3.13 bits per heavy atom. The molecule has 0 aromatic carbocycles. The Balaban J connectivity index is 2.06. The Bertz CT molecular complexity index is 314. The van der Waals surface area contributed by atoms with Crippen LogP contribution in [-0.2, 0) is 9.59 Å². The number of carbonyl (C=O) groups excluding carboxylic acids is 1. The lowest BCUT2D eigenvalue weighted by Crippen LogP contribution is -2.42. The Kier molecular flexibility index (Phi) is 2.62. The number of piperidine rings is 1. The van der Waals surface area contributed by atoms with Crippen molar-refractivity contribution < 1.29 is 14.7 Å². The van der Waals surface area contributed by atoms with Gasteiger partial charge in [0.15, 0.2) is 0 Å². The zero-order valence-corrected chi connectivity index (χ0v) is 8.35. The summed E-state index contributed by atoms with van der Waals surface area (Å²) in [7, 11) is 0. The van der Waals surface area contributed by atoms with Gasteiger partial charge in [0.25, 0.3) is 0 Å². The fraction of sp³-hybridized carbons (Fsp3) is 0.600. The standard InChI is InChI=1S/C10H14N2O3/c13-9(14)3-5-12-4-1-2-7-8(12)6-11-10(7)15/h3,5,7-8H,1-2,4,6H2,(H,11,15)(H,13,14)/b5-3+. The van der Waals surface area contributed by atoms with Gasteiger partial charge in [-0.25, -0.2) is 4.79 Å². The van der Waals surface area contributed by atoms with E-state index in [1.165, 1.54) is 0 Å². The topological polar surface area (TPSA) is 69.6 Å². The highest BCUT2D eigenvalue weighted by Gasteiger charge is 2.39. The molecular weight excluding hydrogens is 196 g/mol. The number of carbonyl (C=O) groups is 2. The van der Waals surface area contributed by atoms with Crippen LogP contribution >= 0.6 is 0 Å². The molecule has 82 valence electrons. The van der Waals surface area contributed by atoms with Crippen molar-refractivity contribution in [3.8, 4) is 0 Å². The van der Waals surface area contributed by atoms with E-state index in [0.29, 0.717) is 6.54 Å². The second-order valence-corrected chi connectivity index (χ2v) is 3.95. The van der Waals surface area contributed by atoms with Crippen molar-refractivity contribution in [3.05, 3.63) is 12.3 Å². The first kappa shape index (κ1) is 10.0. The van der Waals surface area contributed by atoms with Crippen LogP contribution in [0.2, 0.25) is 0 Å². The molecular formula is C10H14N2O3. The van der Waals surface area contributed by atoms with Crippen molar-refractivity contribution in [2.75, 3.05) is 13.1 Å². The van der Waals surface area contributed by atoms with Crippen LogP contribution in [0.25, 0.3) is 0 Å². The van der Waals surface area contributed by atoms with Crippen LogP contribution in [0.15, 0.2) is 12.3 Å². The highest BCUT2D eigenvalue weighted by molar-refractivity contribution is 5.82. The van der Waals surface area contributed by atoms with Gasteiger partial charge in [0.1, 0.15) is 0 Å². The summed E-state index contributed by atoms with van der Waals surface area (Å²) in [5.41, 5.74) is 0. The molecule has 0 bridgehead atoms. The van der Waals surface area contributed by atoms with Crippen molar-refractivity contribution in [2.45, 2.75) is 18.9 Å². The number of nitrogens with zero attached hydrogens (tertiary/aromatic N) is 1. The molecule has 5 heteroatoms. The summed E-state index contributed by atoms with van der Waals surface area (Å²) in [5.74, 6) is -0.806. The van der Waals surface area contributed by atoms with Crippen molar-refractivity contribution in [3.63, 3.8) is 0 Å². The van der Waals surface area contributed by atoms with Crippen LogP contribution in [0, 0.1) is 5.92 Å². The maximum absolute atomic E-state index is 11.4. The molecule has 2 rings (SSSR count). The van der Waals surface area contributed by atoms with E-state index in [0.717, 1.165) is 25.5 Å². The summed E-state index contributed by atoms with van der Waals surface area (Å²) in [6.07, 6.45) is 4.57. The molecule has 15 heavy (non-hydrogen) atoms. The van der Waals surface area contributed by atoms with E-state index in [2.05, 4.69) is 5.32 Å². The number of aliphatic carboxylic acids is 1. The molecule has 0 saturated carbocycles. The SMILES string of the molecule is O=C(O)/C=C/N1CCCC2C(=O)NCC21. The van der Waals surface area contributed by atoms with Crippen molar-refractivity contribution in [2.24, 2.45) is 5.92 Å². The molecule has 2 heterocycles. The summed E-state index contributed by atoms with van der Waals surface area (Å²) >= 11 is 0. The highest BCUT2D eigenvalue weighted by Crippen LogP contribution is 2.27. The van der Waals surface area contributed by atoms with Gasteiger partial charge in [-0.1, -0.05) is 0 Å². The number of carboxylic acids is 1. The zero-order chi connectivity index (χ0) is 10.8. The molecule has 2 aliphatic heterocycles. The van der Waals surface area contributed by atoms with Crippen LogP contribution in [-0.4, -0.2) is 41.0 Å². The molecule has 2 fully saturated rings. The lowest BCUT2D eigenvalue weighted by molar-refractivity contribution is -0.131. The average molecular weight is 210 g/mol. The van der Waals surface area contributed by atoms with E-state index in [1.54, 1.807) is 6.20 Å². The number of rotatable bonds is 2. The number of carboxylic acid groups (broad SMARTS) is 1. The summed E-state index contributed by atoms with van der Waals surface area (Å²) in [5, 5.41) is 11.4. The van der Waals surface area contributed by atoms with Crippen LogP contribution in [0.4, 0.5) is 0 Å². The van der Waals surface area contributed by atoms with Gasteiger partial charge in [0.2, 0.25) is 5.91 Å². The fourth-order valence-electron chi connectivity index (χ4n) is 2.33. The predicted octanol–water partition coefficient (Wildman–Crippen LogP) is -0.205. The van der Waals surface area contributed by atoms with Crippen molar-refractivity contribution in [1.29, 1.82) is 0 Å². The third kappa shape index (κ3) is 1.95. The van der Waals surface area contributed by atoms with Crippen LogP contribution in [0.1, 0.15) is 12.8 Å². The number of amides is 1. The van der Waals surface area contributed by atoms with E-state index in [4.69, 9.17) is 5.11 Å². The zero-order valence-electron chi connectivity index (χ0n) is 8.35. The maximum Gasteiger partial charge on any atom is 0.329 e. The minimum Gasteiger partial charge on any atom is -0.478 e. The Labute approximate surface area is 87.7 Å². The molecule has 5 nitrogen and oxygen atoms in total. The number of likely N-dealkylation sites (tertiary alicyclic amines) is 1. The number of hydrogen-bond donors (Lipinski definition) is 2. The molecule has 2 atom stereocenters. The van der Waals surface area contributed by atoms with E-state index in [9.17, 15) is 9.59 Å². The van der Waals surface area contributed by atoms with Gasteiger partial charge >= 0.3 is 5.97 Å². The third-order valence-corrected chi connectivity index (χ3v) is 3.05. The predicted molar refractivity (Wildman–Crippen MR) is 53.0 cm³/mol. The molecule has 1 amide bonds. The van der Waals surface area contributed by atoms with Gasteiger partial charge in [-0.15, -0.1) is 0 Å². The molecule has 0 radical (unpaired) electrons. The Hall–Kier alpha value is -1.52. The van der Waals surface area contributed by atoms with E-state index in [-0.39, 0.29) is 17.9 Å². The first-order valence-electron chi connectivity index (χ1n) is 5.13. The summed E-state index contributed by atoms with van der Waals surface area (Å²) in [4.78, 5) is 23.8. The maximum atomic E-state index is 11.4. The molecule has 2 N–H and O–H groups in total. The molecule has 0 aromatic heterocycles. The minimum atomic E-state index is -0.950. The largest absolute Gasteiger partial charge is 0.478 e. The van der Waals surface area contributed by atoms with Crippen LogP contribution in [0.3, 0.4) is 0 Å². The van der Waals surface area contributed by atoms with E-state index < -0.39 is 5.97 Å². The lowest BCUT2D eigenvalue weighted by atomic mass is 9.92. The third-order valence-electron chi connectivity index (χ3n) is 3.05. The summed E-state index contributed by atoms with van der Waals surface area (Å²) in [6.45, 7) is 1.47. The van der Waals surface area contributed by atoms with Gasteiger partial charge in [-0.3, -0.25) is 4.79 Å². The second-order valence-electron chi connectivity index (χ2n) is 3.95. The smallest absolute Gasteiger partial charge is 0.329 e. The van der Waals surface area contributed by atoms with Gasteiger partial charge in [0, 0.05) is 25.4 Å². The molecule has 2 aliphatic rings. The fourth-order valence-corrected chi connectivity index (χ4v) is 2.33. The monoisotopic (exact) mass is 210 g/mol. The number of fused-ring (bicyclic) bond motifs is 1. The van der Waals surface area contributed by atoms with Crippen LogP contribution < -0.4 is 5.32 Å². The van der Waals surface area contributed by atoms with E-state index >= 15 is 0 Å². The molecule has 0 aliphatic carbocycles. The normalized spacial score (nSPS) is 30.4. The number of nitrogens with one attached hydrogen (secondary N) is 1. The molecule has 0 aromatic rings. The van der Waals surface area contributed by atoms with Gasteiger partial charge in [-0.05, 0) is 12.8 Å². The summed E-state index contributed by atoms with van der Waals surface area (Å²) < 4.78 is 0. The Morgan fingerprint density at radius 2 is 2.40 bits per heavy atom. The number of hydrogen-bond acceptors (Lipinski definition) is 3. The first-order chi connectivity index (χ1) is 7.18. The molecule has 0 spiro atoms. The first-order valence-corrected chi connectivity index (χ1v) is 5.13.